The number of esters is 1. The predicted molar refractivity (Wildman–Crippen MR) is 145 cm³/mol. The summed E-state index contributed by atoms with van der Waals surface area (Å²) in [6.45, 7) is 3.75. The lowest BCUT2D eigenvalue weighted by Gasteiger charge is -2.40. The van der Waals surface area contributed by atoms with Crippen molar-refractivity contribution in [2.45, 2.75) is 48.8 Å². The van der Waals surface area contributed by atoms with Crippen LogP contribution in [-0.2, 0) is 25.5 Å². The molecule has 2 aromatic carbocycles. The molecule has 3 aliphatic heterocycles. The van der Waals surface area contributed by atoms with Crippen LogP contribution in [0, 0.1) is 17.8 Å². The van der Waals surface area contributed by atoms with Crippen LogP contribution in [0.4, 0.5) is 5.69 Å². The highest BCUT2D eigenvalue weighted by Crippen LogP contribution is 2.69. The molecule has 3 aliphatic rings. The third-order valence-electron chi connectivity index (χ3n) is 8.27. The first-order chi connectivity index (χ1) is 18.3. The zero-order valence-corrected chi connectivity index (χ0v) is 22.6. The molecule has 5 rings (SSSR count). The molecule has 3 heterocycles. The fourth-order valence-electron chi connectivity index (χ4n) is 6.68. The Morgan fingerprint density at radius 3 is 2.53 bits per heavy atom. The molecule has 0 saturated carbocycles. The first-order valence-electron chi connectivity index (χ1n) is 13.1. The van der Waals surface area contributed by atoms with Crippen LogP contribution in [0.25, 0.3) is 0 Å². The van der Waals surface area contributed by atoms with Crippen molar-refractivity contribution in [2.75, 3.05) is 25.6 Å². The molecule has 2 N–H and O–H groups in total. The summed E-state index contributed by atoms with van der Waals surface area (Å²) in [7, 11) is 1.58. The van der Waals surface area contributed by atoms with Gasteiger partial charge >= 0.3 is 5.97 Å². The van der Waals surface area contributed by atoms with E-state index >= 15 is 0 Å². The minimum Gasteiger partial charge on any atom is -0.497 e. The van der Waals surface area contributed by atoms with Crippen molar-refractivity contribution in [3.05, 3.63) is 60.2 Å². The average molecular weight is 539 g/mol. The van der Waals surface area contributed by atoms with E-state index in [1.165, 1.54) is 0 Å². The van der Waals surface area contributed by atoms with Crippen molar-refractivity contribution in [1.82, 2.24) is 4.90 Å². The van der Waals surface area contributed by atoms with Crippen molar-refractivity contribution >= 4 is 35.2 Å². The average Bonchev–Trinajstić information content (AvgIpc) is 3.52. The van der Waals surface area contributed by atoms with E-state index in [2.05, 4.69) is 12.2 Å². The number of thioether (sulfide) groups is 1. The van der Waals surface area contributed by atoms with E-state index < -0.39 is 28.7 Å². The summed E-state index contributed by atoms with van der Waals surface area (Å²) in [5.74, 6) is -1.56. The van der Waals surface area contributed by atoms with Crippen molar-refractivity contribution in [2.24, 2.45) is 17.8 Å². The molecule has 3 unspecified atom stereocenters. The van der Waals surface area contributed by atoms with Crippen molar-refractivity contribution in [1.29, 1.82) is 0 Å². The van der Waals surface area contributed by atoms with E-state index in [0.717, 1.165) is 12.0 Å². The summed E-state index contributed by atoms with van der Waals surface area (Å²) >= 11 is 1.59. The zero-order valence-electron chi connectivity index (χ0n) is 21.8. The molecule has 38 heavy (non-hydrogen) atoms. The lowest BCUT2D eigenvalue weighted by molar-refractivity contribution is -0.154. The number of hydrogen-bond acceptors (Lipinski definition) is 7. The van der Waals surface area contributed by atoms with Gasteiger partial charge in [0.25, 0.3) is 0 Å². The molecule has 3 fully saturated rings. The van der Waals surface area contributed by atoms with Crippen LogP contribution in [0.15, 0.2) is 54.6 Å². The van der Waals surface area contributed by atoms with Gasteiger partial charge in [-0.1, -0.05) is 37.3 Å². The minimum atomic E-state index is -0.854. The molecule has 0 aromatic heterocycles. The highest BCUT2D eigenvalue weighted by atomic mass is 32.2. The number of hydrogen-bond donors (Lipinski definition) is 2. The van der Waals surface area contributed by atoms with Crippen LogP contribution in [0.2, 0.25) is 0 Å². The summed E-state index contributed by atoms with van der Waals surface area (Å²) < 4.78 is 9.85. The molecular formula is C29H34N2O6S. The van der Waals surface area contributed by atoms with Gasteiger partial charge in [0.1, 0.15) is 11.8 Å². The Morgan fingerprint density at radius 2 is 1.89 bits per heavy atom. The molecule has 0 radical (unpaired) electrons. The molecule has 2 bridgehead atoms. The molecular weight excluding hydrogens is 504 g/mol. The standard InChI is InChI=1S/C29H34N2O6S/c1-4-37-28(35)23-22-14-17(2)29(38-22)24(23)27(34)31(20(16-32)15-18-8-6-5-7-9-18)25(29)26(33)30-19-10-12-21(36-3)13-11-19/h5-13,17,20,22-25,32H,4,14-16H2,1-3H3,(H,30,33)/t17?,20-,22-,23+,24+,25?,29?/m1/s1. The largest absolute Gasteiger partial charge is 0.497 e. The van der Waals surface area contributed by atoms with Crippen molar-refractivity contribution in [3.63, 3.8) is 0 Å². The van der Waals surface area contributed by atoms with Crippen LogP contribution in [0.3, 0.4) is 0 Å². The molecule has 2 amide bonds. The van der Waals surface area contributed by atoms with Gasteiger partial charge in [0, 0.05) is 10.9 Å². The minimum absolute atomic E-state index is 0.0183. The Morgan fingerprint density at radius 1 is 1.18 bits per heavy atom. The Kier molecular flexibility index (Phi) is 7.42. The summed E-state index contributed by atoms with van der Waals surface area (Å²) in [6, 6.07) is 15.2. The maximum Gasteiger partial charge on any atom is 0.310 e. The van der Waals surface area contributed by atoms with Crippen LogP contribution < -0.4 is 10.1 Å². The number of carbonyl (C=O) groups is 3. The number of carbonyl (C=O) groups excluding carboxylic acids is 3. The Labute approximate surface area is 227 Å². The second-order valence-corrected chi connectivity index (χ2v) is 11.8. The number of benzene rings is 2. The van der Waals surface area contributed by atoms with Gasteiger partial charge in [-0.3, -0.25) is 14.4 Å². The summed E-state index contributed by atoms with van der Waals surface area (Å²) in [6.07, 6.45) is 1.12. The number of methoxy groups -OCH3 is 1. The van der Waals surface area contributed by atoms with E-state index in [9.17, 15) is 19.5 Å². The van der Waals surface area contributed by atoms with Gasteiger partial charge in [0.05, 0.1) is 42.9 Å². The molecule has 8 nitrogen and oxygen atoms in total. The third-order valence-corrected chi connectivity index (χ3v) is 10.3. The number of nitrogens with zero attached hydrogens (tertiary/aromatic N) is 1. The summed E-state index contributed by atoms with van der Waals surface area (Å²) in [5, 5.41) is 13.5. The topological polar surface area (TPSA) is 105 Å². The predicted octanol–water partition coefficient (Wildman–Crippen LogP) is 3.14. The highest BCUT2D eigenvalue weighted by Gasteiger charge is 2.76. The number of aliphatic hydroxyl groups excluding tert-OH is 1. The number of fused-ring (bicyclic) bond motifs is 1. The van der Waals surface area contributed by atoms with Crippen LogP contribution in [0.5, 0.6) is 5.75 Å². The van der Waals surface area contributed by atoms with Crippen LogP contribution >= 0.6 is 11.8 Å². The monoisotopic (exact) mass is 538 g/mol. The third kappa shape index (κ3) is 4.25. The fourth-order valence-corrected chi connectivity index (χ4v) is 9.08. The van der Waals surface area contributed by atoms with Crippen molar-refractivity contribution < 1.29 is 29.0 Å². The summed E-state index contributed by atoms with van der Waals surface area (Å²) in [4.78, 5) is 43.1. The van der Waals surface area contributed by atoms with Gasteiger partial charge in [-0.25, -0.2) is 0 Å². The number of anilines is 1. The van der Waals surface area contributed by atoms with Gasteiger partial charge in [-0.2, -0.15) is 0 Å². The molecule has 3 saturated heterocycles. The van der Waals surface area contributed by atoms with Gasteiger partial charge in [-0.15, -0.1) is 11.8 Å². The number of aliphatic hydroxyl groups is 1. The maximum atomic E-state index is 14.3. The van der Waals surface area contributed by atoms with Crippen LogP contribution in [0.1, 0.15) is 25.8 Å². The number of likely N-dealkylation sites (tertiary alicyclic amines) is 1. The Hall–Kier alpha value is -3.04. The number of amides is 2. The van der Waals surface area contributed by atoms with Gasteiger partial charge in [0.2, 0.25) is 11.8 Å². The van der Waals surface area contributed by atoms with E-state index in [1.54, 1.807) is 55.0 Å². The zero-order chi connectivity index (χ0) is 27.0. The molecule has 2 aromatic rings. The van der Waals surface area contributed by atoms with E-state index in [-0.39, 0.29) is 42.2 Å². The van der Waals surface area contributed by atoms with E-state index in [1.807, 2.05) is 30.3 Å². The van der Waals surface area contributed by atoms with Gasteiger partial charge < -0.3 is 24.8 Å². The first-order valence-corrected chi connectivity index (χ1v) is 14.0. The lowest BCUT2D eigenvalue weighted by Crippen LogP contribution is -2.57. The second-order valence-electron chi connectivity index (χ2n) is 10.3. The van der Waals surface area contributed by atoms with E-state index in [0.29, 0.717) is 17.9 Å². The molecule has 1 spiro atoms. The molecule has 9 heteroatoms. The lowest BCUT2D eigenvalue weighted by atomic mass is 9.66. The number of ether oxygens (including phenoxy) is 2. The summed E-state index contributed by atoms with van der Waals surface area (Å²) in [5.41, 5.74) is 1.54. The smallest absolute Gasteiger partial charge is 0.310 e. The Balaban J connectivity index is 1.55. The second kappa shape index (κ2) is 10.6. The quantitative estimate of drug-likeness (QED) is 0.473. The first kappa shape index (κ1) is 26.6. The highest BCUT2D eigenvalue weighted by molar-refractivity contribution is 8.02. The number of nitrogens with one attached hydrogen (secondary N) is 1. The molecule has 7 atom stereocenters. The Bertz CT molecular complexity index is 1190. The SMILES string of the molecule is CCOC(=O)[C@@H]1[C@H]2C(=O)N([C@@H](CO)Cc3ccccc3)C(C(=O)Nc3ccc(OC)cc3)C23S[C@@H]1CC3C. The van der Waals surface area contributed by atoms with Crippen LogP contribution in [-0.4, -0.2) is 70.2 Å². The normalized spacial score (nSPS) is 30.2. The molecule has 0 aliphatic carbocycles. The van der Waals surface area contributed by atoms with Gasteiger partial charge in [-0.05, 0) is 55.5 Å². The maximum absolute atomic E-state index is 14.3. The van der Waals surface area contributed by atoms with Gasteiger partial charge in [0.15, 0.2) is 0 Å². The van der Waals surface area contributed by atoms with E-state index in [4.69, 9.17) is 9.47 Å². The van der Waals surface area contributed by atoms with Crippen molar-refractivity contribution in [3.8, 4) is 5.75 Å². The number of rotatable bonds is 9. The molecule has 202 valence electrons. The fraction of sp³-hybridized carbons (Fsp3) is 0.483.